The molecule has 0 aromatic heterocycles. The first-order chi connectivity index (χ1) is 16.3. The number of hydrogen-bond donors (Lipinski definition) is 1. The molecule has 2 saturated heterocycles. The molecule has 0 radical (unpaired) electrons. The van der Waals surface area contributed by atoms with E-state index in [0.29, 0.717) is 19.4 Å². The highest BCUT2D eigenvalue weighted by Crippen LogP contribution is 2.58. The van der Waals surface area contributed by atoms with Gasteiger partial charge in [0.05, 0.1) is 5.92 Å². The van der Waals surface area contributed by atoms with Gasteiger partial charge >= 0.3 is 5.97 Å². The molecule has 2 fully saturated rings. The van der Waals surface area contributed by atoms with Gasteiger partial charge in [-0.2, -0.15) is 0 Å². The van der Waals surface area contributed by atoms with Gasteiger partial charge < -0.3 is 24.4 Å². The molecule has 4 rings (SSSR count). The first-order valence-corrected chi connectivity index (χ1v) is 12.8. The van der Waals surface area contributed by atoms with Gasteiger partial charge in [0.15, 0.2) is 0 Å². The van der Waals surface area contributed by atoms with E-state index in [1.165, 1.54) is 0 Å². The Morgan fingerprint density at radius 2 is 1.77 bits per heavy atom. The van der Waals surface area contributed by atoms with Gasteiger partial charge in [-0.05, 0) is 44.6 Å². The molecule has 4 aliphatic heterocycles. The second kappa shape index (κ2) is 8.73. The topological polar surface area (TPSA) is 96.4 Å². The van der Waals surface area contributed by atoms with E-state index < -0.39 is 40.6 Å². The third-order valence-electron chi connectivity index (χ3n) is 7.95. The van der Waals surface area contributed by atoms with Crippen molar-refractivity contribution in [3.63, 3.8) is 0 Å². The monoisotopic (exact) mass is 488 g/mol. The summed E-state index contributed by atoms with van der Waals surface area (Å²) in [4.78, 5) is 45.0. The van der Waals surface area contributed by atoms with E-state index >= 15 is 0 Å². The lowest BCUT2D eigenvalue weighted by Gasteiger charge is -2.45. The maximum Gasteiger partial charge on any atom is 0.313 e. The van der Waals surface area contributed by atoms with Crippen LogP contribution in [0.2, 0.25) is 0 Å². The SMILES string of the molecule is CC[C@@]12C=CCOC(=O)[C@@H]1[C@H]1C(=O)N(CCCO)C3C(=O)N(C(C)(C)CC(C)(C)C)CC=C[C@@]31O2. The predicted molar refractivity (Wildman–Crippen MR) is 130 cm³/mol. The van der Waals surface area contributed by atoms with Crippen molar-refractivity contribution < 1.29 is 29.0 Å². The van der Waals surface area contributed by atoms with Crippen LogP contribution in [0, 0.1) is 17.3 Å². The Balaban J connectivity index is 1.85. The van der Waals surface area contributed by atoms with Crippen molar-refractivity contribution in [2.45, 2.75) is 83.6 Å². The standard InChI is InChI=1S/C27H40N2O6/c1-7-26-11-9-16-34-23(33)19(26)18-21(31)28(13-10-15-30)20-22(32)29(14-8-12-27(18,20)35-26)25(5,6)17-24(2,3)4/h8-9,11-12,18-20,30H,7,10,13-17H2,1-6H3/t18-,19-,20?,26+,27-/m0/s1. The molecule has 0 aromatic rings. The number of carbonyl (C=O) groups is 3. The van der Waals surface area contributed by atoms with E-state index in [0.717, 1.165) is 6.42 Å². The Bertz CT molecular complexity index is 950. The lowest BCUT2D eigenvalue weighted by Crippen LogP contribution is -2.60. The van der Waals surface area contributed by atoms with Gasteiger partial charge in [0.25, 0.3) is 0 Å². The van der Waals surface area contributed by atoms with E-state index in [1.54, 1.807) is 11.0 Å². The molecule has 8 heteroatoms. The number of amides is 2. The smallest absolute Gasteiger partial charge is 0.313 e. The summed E-state index contributed by atoms with van der Waals surface area (Å²) in [6, 6.07) is -0.916. The van der Waals surface area contributed by atoms with Crippen LogP contribution in [0.1, 0.15) is 60.8 Å². The molecule has 1 unspecified atom stereocenters. The van der Waals surface area contributed by atoms with Crippen LogP contribution >= 0.6 is 0 Å². The van der Waals surface area contributed by atoms with Gasteiger partial charge in [0.2, 0.25) is 11.8 Å². The second-order valence-electron chi connectivity index (χ2n) is 12.2. The summed E-state index contributed by atoms with van der Waals surface area (Å²) < 4.78 is 12.3. The van der Waals surface area contributed by atoms with E-state index in [9.17, 15) is 19.5 Å². The molecule has 1 N–H and O–H groups in total. The zero-order chi connectivity index (χ0) is 25.8. The number of esters is 1. The number of nitrogens with zero attached hydrogens (tertiary/aromatic N) is 2. The van der Waals surface area contributed by atoms with E-state index in [1.807, 2.05) is 30.1 Å². The maximum absolute atomic E-state index is 14.4. The van der Waals surface area contributed by atoms with Crippen LogP contribution in [-0.4, -0.2) is 81.8 Å². The van der Waals surface area contributed by atoms with Crippen molar-refractivity contribution >= 4 is 17.8 Å². The molecule has 0 aliphatic carbocycles. The Kier molecular flexibility index (Phi) is 6.46. The summed E-state index contributed by atoms with van der Waals surface area (Å²) in [6.45, 7) is 13.1. The van der Waals surface area contributed by atoms with Crippen LogP contribution in [0.15, 0.2) is 24.3 Å². The highest BCUT2D eigenvalue weighted by Gasteiger charge is 2.75. The zero-order valence-electron chi connectivity index (χ0n) is 21.9. The normalized spacial score (nSPS) is 34.9. The minimum atomic E-state index is -1.28. The van der Waals surface area contributed by atoms with Gasteiger partial charge in [-0.1, -0.05) is 45.9 Å². The van der Waals surface area contributed by atoms with Crippen LogP contribution in [0.5, 0.6) is 0 Å². The largest absolute Gasteiger partial charge is 0.461 e. The summed E-state index contributed by atoms with van der Waals surface area (Å²) in [7, 11) is 0. The fourth-order valence-electron chi connectivity index (χ4n) is 7.01. The van der Waals surface area contributed by atoms with Gasteiger partial charge in [0.1, 0.15) is 29.8 Å². The summed E-state index contributed by atoms with van der Waals surface area (Å²) >= 11 is 0. The summed E-state index contributed by atoms with van der Waals surface area (Å²) in [5, 5.41) is 9.52. The van der Waals surface area contributed by atoms with Crippen molar-refractivity contribution in [3.05, 3.63) is 24.3 Å². The fraction of sp³-hybridized carbons (Fsp3) is 0.741. The van der Waals surface area contributed by atoms with E-state index in [4.69, 9.17) is 9.47 Å². The molecule has 35 heavy (non-hydrogen) atoms. The molecule has 1 spiro atoms. The lowest BCUT2D eigenvalue weighted by atomic mass is 9.73. The quantitative estimate of drug-likeness (QED) is 0.456. The van der Waals surface area contributed by atoms with Gasteiger partial charge in [0, 0.05) is 25.2 Å². The number of aliphatic hydroxyl groups is 1. The van der Waals surface area contributed by atoms with Crippen molar-refractivity contribution in [1.29, 1.82) is 0 Å². The average Bonchev–Trinajstić information content (AvgIpc) is 3.02. The number of cyclic esters (lactones) is 1. The van der Waals surface area contributed by atoms with E-state index in [2.05, 4.69) is 34.6 Å². The van der Waals surface area contributed by atoms with Crippen LogP contribution in [0.25, 0.3) is 0 Å². The van der Waals surface area contributed by atoms with Crippen molar-refractivity contribution in [2.24, 2.45) is 17.3 Å². The molecule has 0 aromatic carbocycles. The summed E-state index contributed by atoms with van der Waals surface area (Å²) in [5.74, 6) is -2.65. The Labute approximate surface area is 208 Å². The van der Waals surface area contributed by atoms with Gasteiger partial charge in [-0.3, -0.25) is 14.4 Å². The molecule has 8 nitrogen and oxygen atoms in total. The first-order valence-electron chi connectivity index (χ1n) is 12.8. The minimum Gasteiger partial charge on any atom is -0.461 e. The number of carbonyl (C=O) groups excluding carboxylic acids is 3. The maximum atomic E-state index is 14.4. The second-order valence-corrected chi connectivity index (χ2v) is 12.2. The Morgan fingerprint density at radius 3 is 2.40 bits per heavy atom. The Hall–Kier alpha value is -2.19. The summed E-state index contributed by atoms with van der Waals surface area (Å²) in [5.41, 5.74) is -2.79. The van der Waals surface area contributed by atoms with Crippen molar-refractivity contribution in [1.82, 2.24) is 9.80 Å². The summed E-state index contributed by atoms with van der Waals surface area (Å²) in [6.07, 6.45) is 8.97. The minimum absolute atomic E-state index is 0.0139. The van der Waals surface area contributed by atoms with Crippen LogP contribution in [0.3, 0.4) is 0 Å². The predicted octanol–water partition coefficient (Wildman–Crippen LogP) is 2.46. The van der Waals surface area contributed by atoms with Crippen molar-refractivity contribution in [3.8, 4) is 0 Å². The highest BCUT2D eigenvalue weighted by molar-refractivity contribution is 5.99. The highest BCUT2D eigenvalue weighted by atomic mass is 16.6. The van der Waals surface area contributed by atoms with Crippen molar-refractivity contribution in [2.75, 3.05) is 26.3 Å². The number of aliphatic hydroxyl groups excluding tert-OH is 1. The fourth-order valence-corrected chi connectivity index (χ4v) is 7.01. The number of ether oxygens (including phenoxy) is 2. The number of fused-ring (bicyclic) bond motifs is 2. The lowest BCUT2D eigenvalue weighted by molar-refractivity contribution is -0.161. The third-order valence-corrected chi connectivity index (χ3v) is 7.95. The average molecular weight is 489 g/mol. The molecular weight excluding hydrogens is 448 g/mol. The molecule has 0 saturated carbocycles. The Morgan fingerprint density at radius 1 is 1.06 bits per heavy atom. The molecule has 4 aliphatic rings. The molecular formula is C27H40N2O6. The first kappa shape index (κ1) is 25.9. The van der Waals surface area contributed by atoms with Gasteiger partial charge in [-0.15, -0.1) is 0 Å². The zero-order valence-corrected chi connectivity index (χ0v) is 21.9. The number of likely N-dealkylation sites (tertiary alicyclic amines) is 1. The van der Waals surface area contributed by atoms with Crippen LogP contribution in [0.4, 0.5) is 0 Å². The molecule has 4 heterocycles. The molecule has 194 valence electrons. The van der Waals surface area contributed by atoms with E-state index in [-0.39, 0.29) is 37.0 Å². The molecule has 5 atom stereocenters. The molecule has 2 amide bonds. The molecule has 0 bridgehead atoms. The van der Waals surface area contributed by atoms with Crippen LogP contribution < -0.4 is 0 Å². The van der Waals surface area contributed by atoms with Crippen LogP contribution in [-0.2, 0) is 23.9 Å². The number of hydrogen-bond acceptors (Lipinski definition) is 6. The number of rotatable bonds is 6. The third kappa shape index (κ3) is 4.02. The van der Waals surface area contributed by atoms with Gasteiger partial charge in [-0.25, -0.2) is 0 Å².